The lowest BCUT2D eigenvalue weighted by Gasteiger charge is -2.32. The SMILES string of the molecule is CC(C)(C)OC(=O)C[C@H]1CCCCC/C=C\[C@@H]2C[C@@]2(C(=O)O)NC(=O)[C@@H]2[C@H]3CN(Cc4ccc5ccccc5n4)C[C@H]3CN2C1=O. The Kier molecular flexibility index (Phi) is 8.93. The van der Waals surface area contributed by atoms with Gasteiger partial charge in [0.15, 0.2) is 0 Å². The molecule has 1 aromatic heterocycles. The number of hydrogen-bond acceptors (Lipinski definition) is 7. The Balaban J connectivity index is 1.26. The molecule has 0 bridgehead atoms. The molecule has 6 atom stereocenters. The van der Waals surface area contributed by atoms with Gasteiger partial charge in [-0.2, -0.15) is 0 Å². The number of esters is 1. The molecule has 246 valence electrons. The summed E-state index contributed by atoms with van der Waals surface area (Å²) in [6.07, 6.45) is 8.12. The number of likely N-dealkylation sites (tertiary alicyclic amines) is 1. The van der Waals surface area contributed by atoms with E-state index in [0.29, 0.717) is 39.0 Å². The molecule has 0 radical (unpaired) electrons. The Morgan fingerprint density at radius 2 is 1.87 bits per heavy atom. The highest BCUT2D eigenvalue weighted by molar-refractivity contribution is 5.96. The van der Waals surface area contributed by atoms with E-state index in [1.807, 2.05) is 42.5 Å². The Labute approximate surface area is 270 Å². The van der Waals surface area contributed by atoms with Crippen LogP contribution in [0.25, 0.3) is 10.9 Å². The maximum Gasteiger partial charge on any atom is 0.330 e. The van der Waals surface area contributed by atoms with Crippen LogP contribution < -0.4 is 5.32 Å². The van der Waals surface area contributed by atoms with Crippen molar-refractivity contribution in [3.63, 3.8) is 0 Å². The molecule has 2 aromatic rings. The average Bonchev–Trinajstić information content (AvgIpc) is 3.37. The van der Waals surface area contributed by atoms with Gasteiger partial charge in [-0.25, -0.2) is 4.79 Å². The number of ether oxygens (including phenoxy) is 1. The van der Waals surface area contributed by atoms with Gasteiger partial charge in [0.2, 0.25) is 11.8 Å². The molecule has 1 saturated carbocycles. The molecule has 3 fully saturated rings. The van der Waals surface area contributed by atoms with Crippen molar-refractivity contribution >= 4 is 34.7 Å². The fraction of sp³-hybridized carbons (Fsp3) is 0.583. The van der Waals surface area contributed by atoms with E-state index < -0.39 is 40.9 Å². The number of carbonyl (C=O) groups excluding carboxylic acids is 3. The zero-order valence-corrected chi connectivity index (χ0v) is 27.1. The number of aromatic nitrogens is 1. The summed E-state index contributed by atoms with van der Waals surface area (Å²) in [6.45, 7) is 7.70. The third-order valence-electron chi connectivity index (χ3n) is 10.0. The monoisotopic (exact) mass is 630 g/mol. The lowest BCUT2D eigenvalue weighted by atomic mass is 9.92. The topological polar surface area (TPSA) is 129 Å². The van der Waals surface area contributed by atoms with E-state index in [-0.39, 0.29) is 30.1 Å². The highest BCUT2D eigenvalue weighted by atomic mass is 16.6. The Morgan fingerprint density at radius 1 is 1.07 bits per heavy atom. The number of para-hydroxylation sites is 1. The molecule has 2 amide bonds. The summed E-state index contributed by atoms with van der Waals surface area (Å²) in [5.74, 6) is -3.12. The molecule has 2 N–H and O–H groups in total. The Morgan fingerprint density at radius 3 is 2.65 bits per heavy atom. The molecule has 4 heterocycles. The number of carboxylic acid groups (broad SMARTS) is 1. The molecule has 3 aliphatic heterocycles. The smallest absolute Gasteiger partial charge is 0.330 e. The fourth-order valence-electron chi connectivity index (χ4n) is 7.73. The molecule has 0 unspecified atom stereocenters. The Bertz CT molecular complexity index is 1530. The van der Waals surface area contributed by atoms with E-state index >= 15 is 0 Å². The standard InChI is InChI=1S/C36H46N4O6/c1-35(2,3)46-30(41)17-24-12-7-5-4-6-8-13-26-18-36(26,34(44)45)38-32(42)31-28-22-39(19-25(28)20-40(31)33(24)43)21-27-16-15-23-11-9-10-14-29(23)37-27/h8-11,13-16,24-26,28,31H,4-7,12,17-22H2,1-3H3,(H,38,42)(H,44,45)/b13-8-/t24-,25+,26-,28+,31+,36-/m1/s1. The highest BCUT2D eigenvalue weighted by Crippen LogP contribution is 2.46. The minimum Gasteiger partial charge on any atom is -0.479 e. The Hall–Kier alpha value is -3.79. The van der Waals surface area contributed by atoms with E-state index in [1.54, 1.807) is 25.7 Å². The average molecular weight is 631 g/mol. The maximum absolute atomic E-state index is 14.3. The van der Waals surface area contributed by atoms with E-state index in [1.165, 1.54) is 0 Å². The van der Waals surface area contributed by atoms with Crippen molar-refractivity contribution in [2.24, 2.45) is 23.7 Å². The van der Waals surface area contributed by atoms with Gasteiger partial charge in [0.25, 0.3) is 0 Å². The second kappa shape index (κ2) is 12.8. The number of nitrogens with zero attached hydrogens (tertiary/aromatic N) is 3. The zero-order valence-electron chi connectivity index (χ0n) is 27.1. The van der Waals surface area contributed by atoms with Crippen molar-refractivity contribution < 1.29 is 29.0 Å². The fourth-order valence-corrected chi connectivity index (χ4v) is 7.73. The largest absolute Gasteiger partial charge is 0.479 e. The molecule has 10 heteroatoms. The number of nitrogens with one attached hydrogen (secondary N) is 1. The van der Waals surface area contributed by atoms with Crippen molar-refractivity contribution in [3.05, 3.63) is 54.2 Å². The molecule has 1 aliphatic carbocycles. The van der Waals surface area contributed by atoms with Crippen molar-refractivity contribution in [2.75, 3.05) is 19.6 Å². The summed E-state index contributed by atoms with van der Waals surface area (Å²) in [4.78, 5) is 62.7. The lowest BCUT2D eigenvalue weighted by Crippen LogP contribution is -2.56. The first-order valence-corrected chi connectivity index (χ1v) is 16.7. The second-order valence-electron chi connectivity index (χ2n) is 14.7. The number of pyridine rings is 1. The van der Waals surface area contributed by atoms with Gasteiger partial charge < -0.3 is 20.1 Å². The summed E-state index contributed by atoms with van der Waals surface area (Å²) in [6, 6.07) is 11.3. The third kappa shape index (κ3) is 6.82. The lowest BCUT2D eigenvalue weighted by molar-refractivity contribution is -0.159. The summed E-state index contributed by atoms with van der Waals surface area (Å²) in [5.41, 5.74) is -0.160. The van der Waals surface area contributed by atoms with Gasteiger partial charge >= 0.3 is 11.9 Å². The number of amides is 2. The highest BCUT2D eigenvalue weighted by Gasteiger charge is 2.62. The summed E-state index contributed by atoms with van der Waals surface area (Å²) in [7, 11) is 0. The van der Waals surface area contributed by atoms with Crippen LogP contribution in [0.5, 0.6) is 0 Å². The van der Waals surface area contributed by atoms with E-state index in [2.05, 4.69) is 16.3 Å². The number of fused-ring (bicyclic) bond motifs is 5. The molecule has 0 spiro atoms. The van der Waals surface area contributed by atoms with Crippen LogP contribution in [-0.2, 0) is 30.5 Å². The predicted octanol–water partition coefficient (Wildman–Crippen LogP) is 4.32. The number of rotatable bonds is 5. The van der Waals surface area contributed by atoms with Crippen molar-refractivity contribution in [2.45, 2.75) is 89.4 Å². The quantitative estimate of drug-likeness (QED) is 0.369. The molecule has 10 nitrogen and oxygen atoms in total. The minimum atomic E-state index is -1.36. The van der Waals surface area contributed by atoms with Crippen molar-refractivity contribution in [3.8, 4) is 0 Å². The third-order valence-corrected chi connectivity index (χ3v) is 10.0. The first-order chi connectivity index (χ1) is 21.9. The van der Waals surface area contributed by atoms with Gasteiger partial charge in [-0.1, -0.05) is 49.3 Å². The van der Waals surface area contributed by atoms with Crippen molar-refractivity contribution in [1.29, 1.82) is 0 Å². The number of carboxylic acids is 1. The van der Waals surface area contributed by atoms with Crippen LogP contribution in [0.15, 0.2) is 48.6 Å². The van der Waals surface area contributed by atoms with E-state index in [9.17, 15) is 24.3 Å². The molecular formula is C36H46N4O6. The first-order valence-electron chi connectivity index (χ1n) is 16.7. The number of allylic oxidation sites excluding steroid dienone is 1. The molecular weight excluding hydrogens is 584 g/mol. The van der Waals surface area contributed by atoms with Crippen LogP contribution in [0.3, 0.4) is 0 Å². The van der Waals surface area contributed by atoms with Crippen LogP contribution >= 0.6 is 0 Å². The predicted molar refractivity (Wildman–Crippen MR) is 172 cm³/mol. The second-order valence-corrected chi connectivity index (χ2v) is 14.7. The number of hydrogen-bond donors (Lipinski definition) is 2. The number of aliphatic carboxylic acids is 1. The van der Waals surface area contributed by atoms with Gasteiger partial charge in [-0.3, -0.25) is 24.3 Å². The van der Waals surface area contributed by atoms with Crippen LogP contribution in [-0.4, -0.2) is 80.5 Å². The summed E-state index contributed by atoms with van der Waals surface area (Å²) >= 11 is 0. The summed E-state index contributed by atoms with van der Waals surface area (Å²) in [5, 5.41) is 14.2. The van der Waals surface area contributed by atoms with Gasteiger partial charge in [-0.05, 0) is 64.5 Å². The molecule has 2 saturated heterocycles. The number of carbonyl (C=O) groups is 4. The van der Waals surface area contributed by atoms with Gasteiger partial charge in [-0.15, -0.1) is 0 Å². The van der Waals surface area contributed by atoms with E-state index in [0.717, 1.165) is 42.3 Å². The van der Waals surface area contributed by atoms with Crippen LogP contribution in [0.2, 0.25) is 0 Å². The van der Waals surface area contributed by atoms with Crippen molar-refractivity contribution in [1.82, 2.24) is 20.1 Å². The van der Waals surface area contributed by atoms with Gasteiger partial charge in [0.1, 0.15) is 17.2 Å². The zero-order chi connectivity index (χ0) is 32.6. The van der Waals surface area contributed by atoms with Crippen LogP contribution in [0, 0.1) is 23.7 Å². The molecule has 46 heavy (non-hydrogen) atoms. The minimum absolute atomic E-state index is 0.0388. The van der Waals surface area contributed by atoms with E-state index in [4.69, 9.17) is 9.72 Å². The molecule has 6 rings (SSSR count). The first kappa shape index (κ1) is 32.2. The van der Waals surface area contributed by atoms with Crippen LogP contribution in [0.4, 0.5) is 0 Å². The number of benzene rings is 1. The maximum atomic E-state index is 14.3. The van der Waals surface area contributed by atoms with Gasteiger partial charge in [0, 0.05) is 49.3 Å². The molecule has 1 aromatic carbocycles. The molecule has 4 aliphatic rings. The normalized spacial score (nSPS) is 31.2. The summed E-state index contributed by atoms with van der Waals surface area (Å²) < 4.78 is 5.60. The van der Waals surface area contributed by atoms with Gasteiger partial charge in [0.05, 0.1) is 17.6 Å². The van der Waals surface area contributed by atoms with Crippen LogP contribution in [0.1, 0.15) is 71.4 Å².